The molecule has 0 bridgehead atoms. The maximum Gasteiger partial charge on any atom is 0.327 e. The van der Waals surface area contributed by atoms with Gasteiger partial charge in [-0.15, -0.1) is 0 Å². The molecule has 0 saturated carbocycles. The van der Waals surface area contributed by atoms with E-state index in [1.807, 2.05) is 25.7 Å². The molecule has 5 heterocycles. The van der Waals surface area contributed by atoms with Gasteiger partial charge in [0.15, 0.2) is 18.6 Å². The SMILES string of the molecule is C=O.C=O.COCN1C(=O)N(COC)C2C1N(C)C(=O)N2C.OCCNc1nc(NCCO)nc(NCCO)n1.c1cc(-c2ccc(OCC3CO3)cc2)ccc1COC1CO1. The Morgan fingerprint density at radius 3 is 1.47 bits per heavy atom. The average molecular weight is 875 g/mol. The zero-order valence-corrected chi connectivity index (χ0v) is 35.4. The Hall–Kier alpha value is -5.79. The van der Waals surface area contributed by atoms with Crippen LogP contribution in [-0.4, -0.2) is 201 Å². The number of ether oxygens (including phenoxy) is 6. The van der Waals surface area contributed by atoms with E-state index in [0.717, 1.165) is 24.5 Å². The first kappa shape index (κ1) is 50.6. The number of likely N-dealkylation sites (N-methyl/N-ethyl adjacent to an activating group) is 2. The number of rotatable bonds is 20. The van der Waals surface area contributed by atoms with E-state index in [4.69, 9.17) is 53.3 Å². The third-order valence-electron chi connectivity index (χ3n) is 8.87. The van der Waals surface area contributed by atoms with Crippen LogP contribution >= 0.6 is 0 Å². The molecule has 0 spiro atoms. The lowest BCUT2D eigenvalue weighted by atomic mass is 10.0. The van der Waals surface area contributed by atoms with Gasteiger partial charge in [-0.1, -0.05) is 36.4 Å². The van der Waals surface area contributed by atoms with E-state index in [2.05, 4.69) is 67.3 Å². The minimum atomic E-state index is -0.343. The lowest BCUT2D eigenvalue weighted by Crippen LogP contribution is -2.45. The summed E-state index contributed by atoms with van der Waals surface area (Å²) in [5, 5.41) is 34.6. The van der Waals surface area contributed by atoms with Crippen LogP contribution in [0.1, 0.15) is 5.56 Å². The fourth-order valence-corrected chi connectivity index (χ4v) is 5.88. The molecule has 4 atom stereocenters. The van der Waals surface area contributed by atoms with Crippen LogP contribution in [0.3, 0.4) is 0 Å². The molecule has 4 aliphatic rings. The summed E-state index contributed by atoms with van der Waals surface area (Å²) in [6, 6.07) is 16.2. The van der Waals surface area contributed by atoms with Crippen molar-refractivity contribution in [3.8, 4) is 16.9 Å². The molecule has 3 aromatic rings. The zero-order chi connectivity index (χ0) is 45.4. The summed E-state index contributed by atoms with van der Waals surface area (Å²) in [4.78, 5) is 58.4. The predicted molar refractivity (Wildman–Crippen MR) is 224 cm³/mol. The van der Waals surface area contributed by atoms with E-state index in [1.165, 1.54) is 44.9 Å². The summed E-state index contributed by atoms with van der Waals surface area (Å²) in [7, 11) is 6.38. The third kappa shape index (κ3) is 15.3. The maximum atomic E-state index is 12.2. The van der Waals surface area contributed by atoms with E-state index in [1.54, 1.807) is 14.1 Å². The molecule has 23 nitrogen and oxygen atoms in total. The normalized spacial score (nSPS) is 19.0. The monoisotopic (exact) mass is 874 g/mol. The molecule has 1 aromatic heterocycles. The van der Waals surface area contributed by atoms with Crippen molar-refractivity contribution in [1.82, 2.24) is 34.6 Å². The van der Waals surface area contributed by atoms with Crippen molar-refractivity contribution in [2.24, 2.45) is 0 Å². The molecule has 0 aliphatic carbocycles. The Morgan fingerprint density at radius 2 is 1.10 bits per heavy atom. The van der Waals surface area contributed by atoms with E-state index in [0.29, 0.717) is 50.7 Å². The van der Waals surface area contributed by atoms with Crippen molar-refractivity contribution in [3.05, 3.63) is 54.1 Å². The van der Waals surface area contributed by atoms with Crippen molar-refractivity contribution in [2.75, 3.05) is 117 Å². The number of hydrogen-bond acceptors (Lipinski definition) is 19. The molecule has 2 aromatic carbocycles. The molecule has 4 amide bonds. The van der Waals surface area contributed by atoms with Crippen LogP contribution in [0.5, 0.6) is 5.75 Å². The molecule has 4 saturated heterocycles. The number of nitrogens with one attached hydrogen (secondary N) is 3. The zero-order valence-electron chi connectivity index (χ0n) is 35.4. The van der Waals surface area contributed by atoms with E-state index < -0.39 is 0 Å². The largest absolute Gasteiger partial charge is 0.491 e. The van der Waals surface area contributed by atoms with Crippen LogP contribution in [0, 0.1) is 0 Å². The second-order valence-electron chi connectivity index (χ2n) is 13.2. The molecule has 4 aliphatic heterocycles. The van der Waals surface area contributed by atoms with Gasteiger partial charge in [-0.3, -0.25) is 9.80 Å². The number of benzene rings is 2. The number of aliphatic hydroxyl groups excluding tert-OH is 3. The maximum absolute atomic E-state index is 12.2. The number of urea groups is 2. The molecule has 6 N–H and O–H groups in total. The van der Waals surface area contributed by atoms with Crippen molar-refractivity contribution >= 4 is 43.5 Å². The van der Waals surface area contributed by atoms with Gasteiger partial charge in [-0.2, -0.15) is 15.0 Å². The highest BCUT2D eigenvalue weighted by Crippen LogP contribution is 2.33. The van der Waals surface area contributed by atoms with Crippen LogP contribution in [0.15, 0.2) is 48.5 Å². The standard InChI is InChI=1S/C18H18O4.C10H18N4O4.C9H18N6O3.2CH2O/c1-3-14(4-2-13(1)9-21-18-12-22-18)15-5-7-16(8-6-15)19-10-17-11-20-17;1-11-7-8(12(2)9(11)15)14(6-18-4)10(16)13(7)5-17-3;16-4-1-10-7-13-8(11-2-5-17)15-9(14-7)12-3-6-18;2*1-2/h1-8,17-18H,9-12H2;7-8H,5-6H2,1-4H3;16-18H,1-6H2,(H3,10,11,12,13,14,15);2*1H2. The molecule has 23 heteroatoms. The van der Waals surface area contributed by atoms with Crippen LogP contribution in [-0.2, 0) is 39.9 Å². The Morgan fingerprint density at radius 1 is 0.677 bits per heavy atom. The molecular formula is C39H58N10O13. The topological polar surface area (TPSA) is 279 Å². The first-order chi connectivity index (χ1) is 30.2. The van der Waals surface area contributed by atoms with Crippen LogP contribution in [0.2, 0.25) is 0 Å². The summed E-state index contributed by atoms with van der Waals surface area (Å²) < 4.78 is 31.4. The van der Waals surface area contributed by atoms with Crippen molar-refractivity contribution in [1.29, 1.82) is 0 Å². The number of aromatic nitrogens is 3. The highest BCUT2D eigenvalue weighted by molar-refractivity contribution is 5.84. The highest BCUT2D eigenvalue weighted by Gasteiger charge is 2.56. The quantitative estimate of drug-likeness (QED) is 0.0833. The van der Waals surface area contributed by atoms with Crippen LogP contribution < -0.4 is 20.7 Å². The van der Waals surface area contributed by atoms with Crippen LogP contribution in [0.4, 0.5) is 27.4 Å². The first-order valence-corrected chi connectivity index (χ1v) is 19.3. The lowest BCUT2D eigenvalue weighted by molar-refractivity contribution is -0.0987. The summed E-state index contributed by atoms with van der Waals surface area (Å²) in [5.74, 6) is 1.80. The van der Waals surface area contributed by atoms with Crippen molar-refractivity contribution < 1.29 is 62.9 Å². The van der Waals surface area contributed by atoms with Gasteiger partial charge < -0.3 is 79.1 Å². The summed E-state index contributed by atoms with van der Waals surface area (Å²) >= 11 is 0. The fraction of sp³-hybridized carbons (Fsp3) is 0.513. The number of fused-ring (bicyclic) bond motifs is 1. The van der Waals surface area contributed by atoms with E-state index >= 15 is 0 Å². The van der Waals surface area contributed by atoms with E-state index in [9.17, 15) is 9.59 Å². The Labute approximate surface area is 359 Å². The number of methoxy groups -OCH3 is 2. The van der Waals surface area contributed by atoms with Crippen molar-refractivity contribution in [2.45, 2.75) is 31.3 Å². The number of carbonyl (C=O) groups excluding carboxylic acids is 4. The summed E-state index contributed by atoms with van der Waals surface area (Å²) in [6.07, 6.45) is -0.390. The third-order valence-corrected chi connectivity index (χ3v) is 8.87. The number of hydrogen-bond donors (Lipinski definition) is 6. The van der Waals surface area contributed by atoms with Crippen LogP contribution in [0.25, 0.3) is 11.1 Å². The van der Waals surface area contributed by atoms with E-state index in [-0.39, 0.29) is 70.1 Å². The van der Waals surface area contributed by atoms with Gasteiger partial charge >= 0.3 is 12.1 Å². The van der Waals surface area contributed by atoms with Gasteiger partial charge in [-0.05, 0) is 28.8 Å². The van der Waals surface area contributed by atoms with Gasteiger partial charge in [-0.25, -0.2) is 9.59 Å². The predicted octanol–water partition coefficient (Wildman–Crippen LogP) is 0.300. The molecular weight excluding hydrogens is 816 g/mol. The van der Waals surface area contributed by atoms with Gasteiger partial charge in [0, 0.05) is 47.9 Å². The molecule has 342 valence electrons. The molecule has 4 unspecified atom stereocenters. The number of amides is 4. The fourth-order valence-electron chi connectivity index (χ4n) is 5.88. The molecule has 4 fully saturated rings. The highest BCUT2D eigenvalue weighted by atomic mass is 16.8. The first-order valence-electron chi connectivity index (χ1n) is 19.3. The summed E-state index contributed by atoms with van der Waals surface area (Å²) in [6.45, 7) is 7.92. The van der Waals surface area contributed by atoms with Gasteiger partial charge in [0.05, 0.1) is 33.0 Å². The Kier molecular flexibility index (Phi) is 22.2. The number of anilines is 3. The Bertz CT molecular complexity index is 1610. The van der Waals surface area contributed by atoms with Crippen molar-refractivity contribution in [3.63, 3.8) is 0 Å². The molecule has 7 rings (SSSR count). The van der Waals surface area contributed by atoms with Gasteiger partial charge in [0.2, 0.25) is 17.8 Å². The number of aliphatic hydroxyl groups is 3. The number of epoxide rings is 2. The number of carbonyl (C=O) groups is 4. The average Bonchev–Trinajstić information content (AvgIpc) is 4.26. The summed E-state index contributed by atoms with van der Waals surface area (Å²) in [5.41, 5.74) is 3.51. The number of nitrogens with zero attached hydrogens (tertiary/aromatic N) is 7. The minimum Gasteiger partial charge on any atom is -0.491 e. The van der Waals surface area contributed by atoms with Gasteiger partial charge in [0.1, 0.15) is 52.1 Å². The Balaban J connectivity index is 0.000000240. The minimum absolute atomic E-state index is 0.00765. The van der Waals surface area contributed by atoms with Gasteiger partial charge in [0.25, 0.3) is 0 Å². The second kappa shape index (κ2) is 27.2. The smallest absolute Gasteiger partial charge is 0.327 e. The molecule has 62 heavy (non-hydrogen) atoms. The lowest BCUT2D eigenvalue weighted by Gasteiger charge is -2.25. The molecule has 0 radical (unpaired) electrons. The second-order valence-corrected chi connectivity index (χ2v) is 13.2.